The van der Waals surface area contributed by atoms with E-state index in [9.17, 15) is 4.79 Å². The molecule has 2 aromatic carbocycles. The van der Waals surface area contributed by atoms with E-state index in [0.717, 1.165) is 34.1 Å². The van der Waals surface area contributed by atoms with Crippen molar-refractivity contribution in [1.29, 1.82) is 0 Å². The number of benzene rings is 2. The zero-order valence-electron chi connectivity index (χ0n) is 19.5. The van der Waals surface area contributed by atoms with Crippen LogP contribution in [0.2, 0.25) is 5.02 Å². The Labute approximate surface area is 202 Å². The third-order valence-corrected chi connectivity index (χ3v) is 6.10. The fourth-order valence-corrected chi connectivity index (χ4v) is 4.25. The first-order valence-electron chi connectivity index (χ1n) is 11.1. The first-order chi connectivity index (χ1) is 16.2. The highest BCUT2D eigenvalue weighted by Crippen LogP contribution is 2.32. The maximum absolute atomic E-state index is 12.4. The van der Waals surface area contributed by atoms with Gasteiger partial charge in [0.15, 0.2) is 5.82 Å². The maximum Gasteiger partial charge on any atom is 0.410 e. The second kappa shape index (κ2) is 8.32. The Morgan fingerprint density at radius 3 is 2.82 bits per heavy atom. The number of fused-ring (bicyclic) bond motifs is 2. The van der Waals surface area contributed by atoms with E-state index in [0.29, 0.717) is 29.9 Å². The Hall–Kier alpha value is -3.59. The standard InChI is InChI=1S/C24H26ClN7O2/c1-24(2,3)34-23(33)32-10-9-14-11-15(5-6-16(14)13-32)21-28-22(31(4)30-21)27-19-8-7-18-17(20(19)25)12-26-29-18/h5-8,11-12H,9-10,13H2,1-4H3,(H,26,29)(H,27,28,30). The molecule has 0 fully saturated rings. The summed E-state index contributed by atoms with van der Waals surface area (Å²) in [6, 6.07) is 9.92. The SMILES string of the molecule is Cn1nc(-c2ccc3c(c2)CCN(C(=O)OC(C)(C)C)C3)nc1Nc1ccc2[nH]ncc2c1Cl. The predicted octanol–water partition coefficient (Wildman–Crippen LogP) is 5.05. The molecule has 1 aliphatic rings. The van der Waals surface area contributed by atoms with E-state index in [1.807, 2.05) is 52.1 Å². The van der Waals surface area contributed by atoms with Crippen molar-refractivity contribution in [1.82, 2.24) is 29.9 Å². The molecule has 0 radical (unpaired) electrons. The van der Waals surface area contributed by atoms with Crippen LogP contribution in [0.5, 0.6) is 0 Å². The summed E-state index contributed by atoms with van der Waals surface area (Å²) in [6.07, 6.45) is 2.17. The fourth-order valence-electron chi connectivity index (χ4n) is 3.99. The number of halogens is 1. The number of rotatable bonds is 3. The zero-order chi connectivity index (χ0) is 24.0. The van der Waals surface area contributed by atoms with Gasteiger partial charge in [-0.15, -0.1) is 5.10 Å². The number of amides is 1. The lowest BCUT2D eigenvalue weighted by Crippen LogP contribution is -2.39. The number of aromatic amines is 1. The summed E-state index contributed by atoms with van der Waals surface area (Å²) in [4.78, 5) is 18.9. The molecule has 1 amide bonds. The molecule has 0 atom stereocenters. The third-order valence-electron chi connectivity index (χ3n) is 5.70. The van der Waals surface area contributed by atoms with Gasteiger partial charge in [-0.2, -0.15) is 10.1 Å². The van der Waals surface area contributed by atoms with Gasteiger partial charge in [0.05, 0.1) is 22.4 Å². The molecule has 3 heterocycles. The van der Waals surface area contributed by atoms with E-state index in [1.54, 1.807) is 15.8 Å². The molecule has 1 aliphatic heterocycles. The lowest BCUT2D eigenvalue weighted by Gasteiger charge is -2.31. The van der Waals surface area contributed by atoms with Crippen LogP contribution in [0.1, 0.15) is 31.9 Å². The highest BCUT2D eigenvalue weighted by molar-refractivity contribution is 6.38. The molecule has 0 aliphatic carbocycles. The van der Waals surface area contributed by atoms with E-state index in [-0.39, 0.29) is 6.09 Å². The molecule has 176 valence electrons. The van der Waals surface area contributed by atoms with E-state index >= 15 is 0 Å². The molecule has 5 rings (SSSR count). The molecule has 0 bridgehead atoms. The van der Waals surface area contributed by atoms with Crippen LogP contribution in [0.25, 0.3) is 22.3 Å². The van der Waals surface area contributed by atoms with Crippen molar-refractivity contribution in [3.63, 3.8) is 0 Å². The minimum absolute atomic E-state index is 0.281. The van der Waals surface area contributed by atoms with Gasteiger partial charge in [-0.05, 0) is 56.5 Å². The number of H-pyrrole nitrogens is 1. The molecule has 2 aromatic heterocycles. The van der Waals surface area contributed by atoms with Gasteiger partial charge in [0.1, 0.15) is 5.60 Å². The van der Waals surface area contributed by atoms with Crippen molar-refractivity contribution in [2.45, 2.75) is 39.3 Å². The second-order valence-corrected chi connectivity index (χ2v) is 9.78. The summed E-state index contributed by atoms with van der Waals surface area (Å²) in [7, 11) is 1.83. The smallest absolute Gasteiger partial charge is 0.410 e. The Kier molecular flexibility index (Phi) is 5.44. The monoisotopic (exact) mass is 479 g/mol. The summed E-state index contributed by atoms with van der Waals surface area (Å²) in [5.74, 6) is 1.19. The van der Waals surface area contributed by atoms with Gasteiger partial charge >= 0.3 is 6.09 Å². The molecule has 0 spiro atoms. The number of carbonyl (C=O) groups is 1. The number of nitrogens with zero attached hydrogens (tertiary/aromatic N) is 5. The van der Waals surface area contributed by atoms with Crippen LogP contribution in [0, 0.1) is 0 Å². The zero-order valence-corrected chi connectivity index (χ0v) is 20.3. The lowest BCUT2D eigenvalue weighted by molar-refractivity contribution is 0.0224. The van der Waals surface area contributed by atoms with Crippen molar-refractivity contribution in [2.75, 3.05) is 11.9 Å². The first kappa shape index (κ1) is 22.2. The van der Waals surface area contributed by atoms with Crippen LogP contribution < -0.4 is 5.32 Å². The van der Waals surface area contributed by atoms with Crippen molar-refractivity contribution >= 4 is 40.2 Å². The maximum atomic E-state index is 12.4. The molecule has 0 saturated carbocycles. The van der Waals surface area contributed by atoms with Gasteiger partial charge < -0.3 is 15.0 Å². The molecule has 0 unspecified atom stereocenters. The molecule has 0 saturated heterocycles. The minimum atomic E-state index is -0.508. The van der Waals surface area contributed by atoms with Gasteiger partial charge in [-0.1, -0.05) is 23.7 Å². The number of aromatic nitrogens is 5. The summed E-state index contributed by atoms with van der Waals surface area (Å²) >= 11 is 6.54. The van der Waals surface area contributed by atoms with E-state index in [4.69, 9.17) is 21.3 Å². The highest BCUT2D eigenvalue weighted by Gasteiger charge is 2.26. The number of aryl methyl sites for hydroxylation is 1. The van der Waals surface area contributed by atoms with Crippen LogP contribution >= 0.6 is 11.6 Å². The minimum Gasteiger partial charge on any atom is -0.444 e. The normalized spacial score (nSPS) is 13.7. The van der Waals surface area contributed by atoms with Crippen LogP contribution in [-0.4, -0.2) is 48.1 Å². The Morgan fingerprint density at radius 1 is 1.21 bits per heavy atom. The van der Waals surface area contributed by atoms with Gasteiger partial charge in [-0.3, -0.25) is 5.10 Å². The van der Waals surface area contributed by atoms with Gasteiger partial charge in [0, 0.05) is 31.1 Å². The molecule has 10 heteroatoms. The summed E-state index contributed by atoms with van der Waals surface area (Å²) in [6.45, 7) is 6.77. The number of nitrogens with one attached hydrogen (secondary N) is 2. The highest BCUT2D eigenvalue weighted by atomic mass is 35.5. The number of hydrogen-bond acceptors (Lipinski definition) is 6. The quantitative estimate of drug-likeness (QED) is 0.426. The van der Waals surface area contributed by atoms with Crippen LogP contribution in [0.15, 0.2) is 36.5 Å². The van der Waals surface area contributed by atoms with E-state index in [1.165, 1.54) is 5.56 Å². The van der Waals surface area contributed by atoms with Crippen molar-refractivity contribution in [3.8, 4) is 11.4 Å². The second-order valence-electron chi connectivity index (χ2n) is 9.40. The predicted molar refractivity (Wildman–Crippen MR) is 131 cm³/mol. The molecule has 2 N–H and O–H groups in total. The van der Waals surface area contributed by atoms with E-state index in [2.05, 4.69) is 26.7 Å². The van der Waals surface area contributed by atoms with Crippen LogP contribution in [-0.2, 0) is 24.8 Å². The van der Waals surface area contributed by atoms with Gasteiger partial charge in [-0.25, -0.2) is 9.48 Å². The Balaban J connectivity index is 1.35. The first-order valence-corrected chi connectivity index (χ1v) is 11.5. The number of ether oxygens (including phenoxy) is 1. The topological polar surface area (TPSA) is 101 Å². The number of anilines is 2. The Bertz CT molecular complexity index is 1390. The van der Waals surface area contributed by atoms with Crippen molar-refractivity contribution in [3.05, 3.63) is 52.7 Å². The molecule has 9 nitrogen and oxygen atoms in total. The summed E-state index contributed by atoms with van der Waals surface area (Å²) in [5.41, 5.74) is 4.30. The van der Waals surface area contributed by atoms with Crippen LogP contribution in [0.4, 0.5) is 16.4 Å². The number of hydrogen-bond donors (Lipinski definition) is 2. The summed E-state index contributed by atoms with van der Waals surface area (Å²) in [5, 5.41) is 16.2. The average Bonchev–Trinajstić information content (AvgIpc) is 3.41. The van der Waals surface area contributed by atoms with Gasteiger partial charge in [0.25, 0.3) is 0 Å². The largest absolute Gasteiger partial charge is 0.444 e. The number of carbonyl (C=O) groups excluding carboxylic acids is 1. The molecular weight excluding hydrogens is 454 g/mol. The van der Waals surface area contributed by atoms with Crippen molar-refractivity contribution in [2.24, 2.45) is 7.05 Å². The third kappa shape index (κ3) is 4.31. The lowest BCUT2D eigenvalue weighted by atomic mass is 9.97. The summed E-state index contributed by atoms with van der Waals surface area (Å²) < 4.78 is 7.21. The molecular formula is C24H26ClN7O2. The molecule has 34 heavy (non-hydrogen) atoms. The van der Waals surface area contributed by atoms with E-state index < -0.39 is 5.60 Å². The van der Waals surface area contributed by atoms with Gasteiger partial charge in [0.2, 0.25) is 5.95 Å². The molecule has 4 aromatic rings. The average molecular weight is 480 g/mol. The van der Waals surface area contributed by atoms with Crippen molar-refractivity contribution < 1.29 is 9.53 Å². The fraction of sp³-hybridized carbons (Fsp3) is 0.333. The Morgan fingerprint density at radius 2 is 2.03 bits per heavy atom. The van der Waals surface area contributed by atoms with Crippen LogP contribution in [0.3, 0.4) is 0 Å².